The molecule has 15 heavy (non-hydrogen) atoms. The highest BCUT2D eigenvalue weighted by atomic mass is 16.7. The van der Waals surface area contributed by atoms with E-state index < -0.39 is 5.79 Å². The van der Waals surface area contributed by atoms with Gasteiger partial charge in [-0.15, -0.1) is 0 Å². The summed E-state index contributed by atoms with van der Waals surface area (Å²) in [5.41, 5.74) is 5.73. The Balaban J connectivity index is 1.93. The van der Waals surface area contributed by atoms with Gasteiger partial charge in [-0.3, -0.25) is 4.79 Å². The first kappa shape index (κ1) is 10.9. The maximum absolute atomic E-state index is 11.6. The van der Waals surface area contributed by atoms with Crippen LogP contribution in [0.1, 0.15) is 20.3 Å². The second kappa shape index (κ2) is 3.73. The van der Waals surface area contributed by atoms with Crippen molar-refractivity contribution in [2.24, 2.45) is 5.73 Å². The standard InChI is InChI=1S/C10H18N2O3/c1-10(2)14-5-8(6-15-10)12-4-7(11)3-9(12)13/h7-8H,3-6,11H2,1-2H3. The Morgan fingerprint density at radius 3 is 2.47 bits per heavy atom. The van der Waals surface area contributed by atoms with Gasteiger partial charge in [0.15, 0.2) is 5.79 Å². The van der Waals surface area contributed by atoms with Gasteiger partial charge in [0.05, 0.1) is 19.3 Å². The topological polar surface area (TPSA) is 64.8 Å². The number of amides is 1. The number of carbonyl (C=O) groups excluding carboxylic acids is 1. The molecule has 0 radical (unpaired) electrons. The van der Waals surface area contributed by atoms with Crippen molar-refractivity contribution < 1.29 is 14.3 Å². The molecule has 5 nitrogen and oxygen atoms in total. The zero-order chi connectivity index (χ0) is 11.1. The second-order valence-corrected chi connectivity index (χ2v) is 4.69. The number of nitrogens with two attached hydrogens (primary N) is 1. The molecule has 2 rings (SSSR count). The van der Waals surface area contributed by atoms with Crippen LogP contribution in [-0.2, 0) is 14.3 Å². The fourth-order valence-electron chi connectivity index (χ4n) is 1.98. The summed E-state index contributed by atoms with van der Waals surface area (Å²) in [7, 11) is 0. The third-order valence-electron chi connectivity index (χ3n) is 2.88. The number of carbonyl (C=O) groups is 1. The fourth-order valence-corrected chi connectivity index (χ4v) is 1.98. The van der Waals surface area contributed by atoms with E-state index in [4.69, 9.17) is 15.2 Å². The monoisotopic (exact) mass is 214 g/mol. The van der Waals surface area contributed by atoms with Gasteiger partial charge in [-0.05, 0) is 13.8 Å². The van der Waals surface area contributed by atoms with Crippen LogP contribution < -0.4 is 5.73 Å². The third kappa shape index (κ3) is 2.30. The average Bonchev–Trinajstić information content (AvgIpc) is 2.45. The van der Waals surface area contributed by atoms with Crippen molar-refractivity contribution in [1.82, 2.24) is 4.90 Å². The molecule has 0 bridgehead atoms. The van der Waals surface area contributed by atoms with Crippen molar-refractivity contribution in [3.05, 3.63) is 0 Å². The number of rotatable bonds is 1. The summed E-state index contributed by atoms with van der Waals surface area (Å²) in [5.74, 6) is -0.416. The van der Waals surface area contributed by atoms with E-state index in [1.54, 1.807) is 4.90 Å². The predicted molar refractivity (Wildman–Crippen MR) is 54.1 cm³/mol. The summed E-state index contributed by atoms with van der Waals surface area (Å²) >= 11 is 0. The molecule has 2 heterocycles. The van der Waals surface area contributed by atoms with Crippen LogP contribution in [0.25, 0.3) is 0 Å². The molecule has 1 unspecified atom stereocenters. The molecule has 0 aromatic heterocycles. The maximum atomic E-state index is 11.6. The van der Waals surface area contributed by atoms with Crippen LogP contribution in [0.15, 0.2) is 0 Å². The summed E-state index contributed by atoms with van der Waals surface area (Å²) in [5, 5.41) is 0. The van der Waals surface area contributed by atoms with Crippen molar-refractivity contribution in [3.8, 4) is 0 Å². The molecule has 1 amide bonds. The van der Waals surface area contributed by atoms with E-state index in [2.05, 4.69) is 0 Å². The van der Waals surface area contributed by atoms with Gasteiger partial charge < -0.3 is 20.1 Å². The minimum Gasteiger partial charge on any atom is -0.348 e. The molecule has 2 fully saturated rings. The van der Waals surface area contributed by atoms with Gasteiger partial charge in [0.25, 0.3) is 0 Å². The first-order valence-electron chi connectivity index (χ1n) is 5.31. The molecule has 1 atom stereocenters. The van der Waals surface area contributed by atoms with Crippen LogP contribution >= 0.6 is 0 Å². The summed E-state index contributed by atoms with van der Waals surface area (Å²) in [6.07, 6.45) is 0.444. The molecule has 0 aliphatic carbocycles. The summed E-state index contributed by atoms with van der Waals surface area (Å²) < 4.78 is 11.0. The Bertz CT molecular complexity index is 257. The molecule has 5 heteroatoms. The molecule has 2 aliphatic heterocycles. The lowest BCUT2D eigenvalue weighted by Crippen LogP contribution is -2.51. The van der Waals surface area contributed by atoms with Crippen LogP contribution in [0, 0.1) is 0 Å². The fraction of sp³-hybridized carbons (Fsp3) is 0.900. The van der Waals surface area contributed by atoms with Crippen LogP contribution in [0.5, 0.6) is 0 Å². The second-order valence-electron chi connectivity index (χ2n) is 4.69. The van der Waals surface area contributed by atoms with Crippen LogP contribution in [0.4, 0.5) is 0 Å². The lowest BCUT2D eigenvalue weighted by Gasteiger charge is -2.38. The van der Waals surface area contributed by atoms with Gasteiger partial charge in [0.1, 0.15) is 0 Å². The molecule has 86 valence electrons. The van der Waals surface area contributed by atoms with Crippen molar-refractivity contribution in [2.75, 3.05) is 19.8 Å². The maximum Gasteiger partial charge on any atom is 0.224 e. The number of nitrogens with zero attached hydrogens (tertiary/aromatic N) is 1. The zero-order valence-electron chi connectivity index (χ0n) is 9.23. The zero-order valence-corrected chi connectivity index (χ0v) is 9.23. The molecule has 0 saturated carbocycles. The molecule has 0 aromatic rings. The lowest BCUT2D eigenvalue weighted by atomic mass is 10.2. The van der Waals surface area contributed by atoms with Crippen molar-refractivity contribution in [3.63, 3.8) is 0 Å². The normalized spacial score (nSPS) is 32.3. The minimum atomic E-state index is -0.526. The Morgan fingerprint density at radius 2 is 2.00 bits per heavy atom. The van der Waals surface area contributed by atoms with Gasteiger partial charge in [-0.25, -0.2) is 0 Å². The number of hydrogen-bond donors (Lipinski definition) is 1. The quantitative estimate of drug-likeness (QED) is 0.650. The Morgan fingerprint density at radius 1 is 1.40 bits per heavy atom. The van der Waals surface area contributed by atoms with E-state index in [0.717, 1.165) is 0 Å². The Kier molecular flexibility index (Phi) is 2.70. The summed E-state index contributed by atoms with van der Waals surface area (Å²) in [4.78, 5) is 13.4. The molecular weight excluding hydrogens is 196 g/mol. The average molecular weight is 214 g/mol. The van der Waals surface area contributed by atoms with Crippen LogP contribution in [0.3, 0.4) is 0 Å². The van der Waals surface area contributed by atoms with Gasteiger partial charge in [0.2, 0.25) is 5.91 Å². The summed E-state index contributed by atoms with van der Waals surface area (Å²) in [6, 6.07) is -0.00786. The lowest BCUT2D eigenvalue weighted by molar-refractivity contribution is -0.262. The van der Waals surface area contributed by atoms with Crippen LogP contribution in [0.2, 0.25) is 0 Å². The van der Waals surface area contributed by atoms with Gasteiger partial charge in [-0.2, -0.15) is 0 Å². The van der Waals surface area contributed by atoms with Crippen molar-refractivity contribution in [2.45, 2.75) is 38.1 Å². The molecule has 2 aliphatic rings. The molecule has 2 saturated heterocycles. The number of likely N-dealkylation sites (tertiary alicyclic amines) is 1. The van der Waals surface area contributed by atoms with E-state index in [1.165, 1.54) is 0 Å². The van der Waals surface area contributed by atoms with Crippen LogP contribution in [-0.4, -0.2) is 48.4 Å². The van der Waals surface area contributed by atoms with E-state index in [-0.39, 0.29) is 18.0 Å². The molecule has 0 aromatic carbocycles. The third-order valence-corrected chi connectivity index (χ3v) is 2.88. The highest BCUT2D eigenvalue weighted by Crippen LogP contribution is 2.22. The number of ether oxygens (including phenoxy) is 2. The SMILES string of the molecule is CC1(C)OCC(N2CC(N)CC2=O)CO1. The molecule has 0 spiro atoms. The van der Waals surface area contributed by atoms with E-state index in [0.29, 0.717) is 26.2 Å². The molecular formula is C10H18N2O3. The summed E-state index contributed by atoms with van der Waals surface area (Å²) in [6.45, 7) is 5.44. The Labute approximate surface area is 89.5 Å². The first-order valence-corrected chi connectivity index (χ1v) is 5.31. The van der Waals surface area contributed by atoms with Crippen molar-refractivity contribution >= 4 is 5.91 Å². The predicted octanol–water partition coefficient (Wildman–Crippen LogP) is -0.302. The largest absolute Gasteiger partial charge is 0.348 e. The Hall–Kier alpha value is -0.650. The van der Waals surface area contributed by atoms with E-state index >= 15 is 0 Å². The van der Waals surface area contributed by atoms with Gasteiger partial charge >= 0.3 is 0 Å². The van der Waals surface area contributed by atoms with E-state index in [9.17, 15) is 4.79 Å². The highest BCUT2D eigenvalue weighted by Gasteiger charge is 2.37. The van der Waals surface area contributed by atoms with Gasteiger partial charge in [-0.1, -0.05) is 0 Å². The minimum absolute atomic E-state index is 0.0269. The smallest absolute Gasteiger partial charge is 0.224 e. The van der Waals surface area contributed by atoms with Crippen molar-refractivity contribution in [1.29, 1.82) is 0 Å². The number of hydrogen-bond acceptors (Lipinski definition) is 4. The van der Waals surface area contributed by atoms with E-state index in [1.807, 2.05) is 13.8 Å². The van der Waals surface area contributed by atoms with Gasteiger partial charge in [0, 0.05) is 19.0 Å². The highest BCUT2D eigenvalue weighted by molar-refractivity contribution is 5.79. The molecule has 2 N–H and O–H groups in total. The first-order chi connectivity index (χ1) is 6.98.